The fourth-order valence-corrected chi connectivity index (χ4v) is 7.21. The van der Waals surface area contributed by atoms with E-state index in [1.807, 2.05) is 30.3 Å². The van der Waals surface area contributed by atoms with E-state index in [1.54, 1.807) is 11.6 Å². The van der Waals surface area contributed by atoms with Gasteiger partial charge in [-0.2, -0.15) is 0 Å². The minimum absolute atomic E-state index is 0.349. The van der Waals surface area contributed by atoms with E-state index in [0.29, 0.717) is 11.0 Å². The molecule has 0 aromatic heterocycles. The molecule has 4 aliphatic rings. The van der Waals surface area contributed by atoms with E-state index in [9.17, 15) is 4.79 Å². The van der Waals surface area contributed by atoms with Crippen LogP contribution in [0.15, 0.2) is 72.8 Å². The molecule has 0 unspecified atom stereocenters. The number of nitrogens with one attached hydrogen (secondary N) is 2. The van der Waals surface area contributed by atoms with E-state index in [-0.39, 0.29) is 5.97 Å². The number of hydrogen-bond acceptors (Lipinski definition) is 4. The van der Waals surface area contributed by atoms with Gasteiger partial charge in [-0.05, 0) is 116 Å². The molecule has 34 heavy (non-hydrogen) atoms. The zero-order valence-electron chi connectivity index (χ0n) is 19.7. The van der Waals surface area contributed by atoms with Crippen LogP contribution in [0.5, 0.6) is 0 Å². The summed E-state index contributed by atoms with van der Waals surface area (Å²) in [7, 11) is 1.40. The van der Waals surface area contributed by atoms with Gasteiger partial charge in [0.25, 0.3) is 0 Å². The third-order valence-electron chi connectivity index (χ3n) is 8.32. The van der Waals surface area contributed by atoms with Crippen LogP contribution in [0.1, 0.15) is 54.4 Å². The highest BCUT2D eigenvalue weighted by Gasteiger charge is 2.51. The van der Waals surface area contributed by atoms with Gasteiger partial charge < -0.3 is 15.4 Å². The second-order valence-corrected chi connectivity index (χ2v) is 10.6. The monoisotopic (exact) mass is 452 g/mol. The highest BCUT2D eigenvalue weighted by molar-refractivity contribution is 5.96. The number of anilines is 4. The molecule has 0 aliphatic heterocycles. The highest BCUT2D eigenvalue weighted by Crippen LogP contribution is 2.60. The van der Waals surface area contributed by atoms with Crippen LogP contribution < -0.4 is 10.6 Å². The van der Waals surface area contributed by atoms with E-state index in [4.69, 9.17) is 4.74 Å². The number of para-hydroxylation sites is 1. The van der Waals surface area contributed by atoms with Gasteiger partial charge in [-0.25, -0.2) is 4.79 Å². The Morgan fingerprint density at radius 2 is 1.24 bits per heavy atom. The lowest BCUT2D eigenvalue weighted by Gasteiger charge is -2.57. The number of esters is 1. The van der Waals surface area contributed by atoms with Gasteiger partial charge >= 0.3 is 5.97 Å². The zero-order chi connectivity index (χ0) is 23.1. The molecule has 4 bridgehead atoms. The van der Waals surface area contributed by atoms with Crippen molar-refractivity contribution in [3.8, 4) is 0 Å². The lowest BCUT2D eigenvalue weighted by Crippen LogP contribution is -2.48. The molecule has 0 heterocycles. The lowest BCUT2D eigenvalue weighted by molar-refractivity contribution is -0.00518. The van der Waals surface area contributed by atoms with Crippen molar-refractivity contribution in [1.82, 2.24) is 0 Å². The molecule has 3 aromatic rings. The molecule has 0 atom stereocenters. The SMILES string of the molecule is COC(=O)c1ccccc1Nc1ccc(Nc2ccc(C34CC5CC(CC(C5)C3)C4)cc2)cc1. The van der Waals surface area contributed by atoms with E-state index in [2.05, 4.69) is 47.0 Å². The minimum Gasteiger partial charge on any atom is -0.465 e. The molecule has 3 aromatic carbocycles. The van der Waals surface area contributed by atoms with Crippen molar-refractivity contribution in [3.63, 3.8) is 0 Å². The van der Waals surface area contributed by atoms with Crippen LogP contribution in [-0.4, -0.2) is 13.1 Å². The van der Waals surface area contributed by atoms with E-state index in [1.165, 1.54) is 45.6 Å². The minimum atomic E-state index is -0.349. The van der Waals surface area contributed by atoms with E-state index in [0.717, 1.165) is 40.5 Å². The molecule has 2 N–H and O–H groups in total. The molecular weight excluding hydrogens is 420 g/mol. The topological polar surface area (TPSA) is 50.4 Å². The number of hydrogen-bond donors (Lipinski definition) is 2. The third kappa shape index (κ3) is 3.96. The van der Waals surface area contributed by atoms with E-state index >= 15 is 0 Å². The number of rotatable bonds is 6. The number of carbonyl (C=O) groups excluding carboxylic acids is 1. The van der Waals surface area contributed by atoms with Crippen LogP contribution in [-0.2, 0) is 10.2 Å². The average molecular weight is 453 g/mol. The molecule has 7 rings (SSSR count). The Morgan fingerprint density at radius 3 is 1.79 bits per heavy atom. The molecule has 0 radical (unpaired) electrons. The second kappa shape index (κ2) is 8.50. The first-order valence-corrected chi connectivity index (χ1v) is 12.5. The summed E-state index contributed by atoms with van der Waals surface area (Å²) < 4.78 is 4.89. The maximum absolute atomic E-state index is 12.0. The maximum atomic E-state index is 12.0. The highest BCUT2D eigenvalue weighted by atomic mass is 16.5. The Hall–Kier alpha value is -3.27. The first-order chi connectivity index (χ1) is 16.6. The van der Waals surface area contributed by atoms with Crippen LogP contribution in [0.4, 0.5) is 22.7 Å². The van der Waals surface area contributed by atoms with Crippen LogP contribution in [0.3, 0.4) is 0 Å². The van der Waals surface area contributed by atoms with Crippen molar-refractivity contribution in [2.24, 2.45) is 17.8 Å². The number of carbonyl (C=O) groups is 1. The Balaban J connectivity index is 1.13. The second-order valence-electron chi connectivity index (χ2n) is 10.6. The molecule has 0 saturated heterocycles. The summed E-state index contributed by atoms with van der Waals surface area (Å²) in [6, 6.07) is 24.7. The Morgan fingerprint density at radius 1 is 0.735 bits per heavy atom. The summed E-state index contributed by atoms with van der Waals surface area (Å²) in [5.74, 6) is 2.56. The first kappa shape index (κ1) is 21.3. The summed E-state index contributed by atoms with van der Waals surface area (Å²) in [5.41, 5.74) is 6.32. The Bertz CT molecular complexity index is 1150. The van der Waals surface area contributed by atoms with Crippen molar-refractivity contribution in [1.29, 1.82) is 0 Å². The lowest BCUT2D eigenvalue weighted by atomic mass is 9.48. The van der Waals surface area contributed by atoms with Crippen molar-refractivity contribution in [2.45, 2.75) is 43.9 Å². The summed E-state index contributed by atoms with van der Waals surface area (Å²) in [6.45, 7) is 0. The number of methoxy groups -OCH3 is 1. The predicted octanol–water partition coefficient (Wildman–Crippen LogP) is 7.43. The summed E-state index contributed by atoms with van der Waals surface area (Å²) in [5, 5.41) is 6.85. The maximum Gasteiger partial charge on any atom is 0.339 e. The van der Waals surface area contributed by atoms with Crippen molar-refractivity contribution in [2.75, 3.05) is 17.7 Å². The fourth-order valence-electron chi connectivity index (χ4n) is 7.21. The third-order valence-corrected chi connectivity index (χ3v) is 8.32. The predicted molar refractivity (Wildman–Crippen MR) is 137 cm³/mol. The first-order valence-electron chi connectivity index (χ1n) is 12.5. The smallest absolute Gasteiger partial charge is 0.339 e. The molecular formula is C30H32N2O2. The van der Waals surface area contributed by atoms with Crippen molar-refractivity contribution < 1.29 is 9.53 Å². The van der Waals surface area contributed by atoms with Crippen LogP contribution in [0, 0.1) is 17.8 Å². The number of ether oxygens (including phenoxy) is 1. The molecule has 4 heteroatoms. The van der Waals surface area contributed by atoms with Gasteiger partial charge in [0.05, 0.1) is 18.4 Å². The molecule has 4 saturated carbocycles. The van der Waals surface area contributed by atoms with Gasteiger partial charge in [0.2, 0.25) is 0 Å². The van der Waals surface area contributed by atoms with Gasteiger partial charge in [-0.1, -0.05) is 24.3 Å². The fraction of sp³-hybridized carbons (Fsp3) is 0.367. The van der Waals surface area contributed by atoms with E-state index < -0.39 is 0 Å². The van der Waals surface area contributed by atoms with Gasteiger partial charge in [0.15, 0.2) is 0 Å². The van der Waals surface area contributed by atoms with Gasteiger partial charge in [-0.3, -0.25) is 0 Å². The largest absolute Gasteiger partial charge is 0.465 e. The molecule has 0 spiro atoms. The molecule has 174 valence electrons. The summed E-state index contributed by atoms with van der Waals surface area (Å²) in [6.07, 6.45) is 8.66. The average Bonchev–Trinajstić information content (AvgIpc) is 2.85. The zero-order valence-corrected chi connectivity index (χ0v) is 19.7. The van der Waals surface area contributed by atoms with Gasteiger partial charge in [0.1, 0.15) is 0 Å². The van der Waals surface area contributed by atoms with Gasteiger partial charge in [0, 0.05) is 17.1 Å². The van der Waals surface area contributed by atoms with Crippen LogP contribution in [0.2, 0.25) is 0 Å². The van der Waals surface area contributed by atoms with Crippen molar-refractivity contribution >= 4 is 28.7 Å². The number of benzene rings is 3. The quantitative estimate of drug-likeness (QED) is 0.382. The van der Waals surface area contributed by atoms with Crippen LogP contribution in [0.25, 0.3) is 0 Å². The molecule has 4 aliphatic carbocycles. The van der Waals surface area contributed by atoms with Crippen molar-refractivity contribution in [3.05, 3.63) is 83.9 Å². The molecule has 4 nitrogen and oxygen atoms in total. The Labute approximate surface area is 201 Å². The van der Waals surface area contributed by atoms with Gasteiger partial charge in [-0.15, -0.1) is 0 Å². The summed E-state index contributed by atoms with van der Waals surface area (Å²) >= 11 is 0. The summed E-state index contributed by atoms with van der Waals surface area (Å²) in [4.78, 5) is 12.0. The molecule has 0 amide bonds. The normalized spacial score (nSPS) is 26.8. The Kier molecular flexibility index (Phi) is 5.32. The standard InChI is InChI=1S/C30H32N2O2/c1-34-29(33)27-4-2-3-5-28(27)32-26-12-10-25(11-13-26)31-24-8-6-23(7-9-24)30-17-20-14-21(18-30)16-22(15-20)19-30/h2-13,20-22,31-32H,14-19H2,1H3. The van der Waals surface area contributed by atoms with Crippen LogP contribution >= 0.6 is 0 Å². The molecule has 4 fully saturated rings.